The van der Waals surface area contributed by atoms with Crippen LogP contribution in [0, 0.1) is 0 Å². The zero-order valence-corrected chi connectivity index (χ0v) is 11.4. The summed E-state index contributed by atoms with van der Waals surface area (Å²) in [6.45, 7) is 0.306. The van der Waals surface area contributed by atoms with Gasteiger partial charge in [-0.25, -0.2) is 9.78 Å². The fraction of sp³-hybridized carbons (Fsp3) is 0.250. The number of nitrogens with one attached hydrogen (secondary N) is 1. The standard InChI is InChI=1S/C16H16N2O3/c19-15(20)13-6-3-7-14(18-13)17-10-16(21)9-8-11-4-1-2-5-12(11)16/h1-7,21H,8-10H2,(H,17,18)(H,19,20). The van der Waals surface area contributed by atoms with Crippen molar-refractivity contribution in [1.29, 1.82) is 0 Å². The highest BCUT2D eigenvalue weighted by Crippen LogP contribution is 2.36. The lowest BCUT2D eigenvalue weighted by Gasteiger charge is -2.24. The Hall–Kier alpha value is -2.40. The van der Waals surface area contributed by atoms with Gasteiger partial charge in [0.25, 0.3) is 0 Å². The molecule has 1 heterocycles. The van der Waals surface area contributed by atoms with Crippen molar-refractivity contribution in [2.75, 3.05) is 11.9 Å². The van der Waals surface area contributed by atoms with E-state index in [1.807, 2.05) is 24.3 Å². The second-order valence-corrected chi connectivity index (χ2v) is 5.26. The van der Waals surface area contributed by atoms with E-state index in [9.17, 15) is 9.90 Å². The molecular weight excluding hydrogens is 268 g/mol. The number of carboxylic acids is 1. The topological polar surface area (TPSA) is 82.5 Å². The van der Waals surface area contributed by atoms with E-state index in [0.29, 0.717) is 18.8 Å². The number of anilines is 1. The number of aryl methyl sites for hydroxylation is 1. The van der Waals surface area contributed by atoms with Crippen molar-refractivity contribution < 1.29 is 15.0 Å². The quantitative estimate of drug-likeness (QED) is 0.800. The van der Waals surface area contributed by atoms with Crippen LogP contribution in [0.5, 0.6) is 0 Å². The fourth-order valence-corrected chi connectivity index (χ4v) is 2.74. The second kappa shape index (κ2) is 5.18. The summed E-state index contributed by atoms with van der Waals surface area (Å²) in [5, 5.41) is 22.7. The van der Waals surface area contributed by atoms with E-state index in [1.54, 1.807) is 12.1 Å². The van der Waals surface area contributed by atoms with Crippen molar-refractivity contribution in [3.05, 3.63) is 59.3 Å². The van der Waals surface area contributed by atoms with Crippen LogP contribution in [0.4, 0.5) is 5.82 Å². The Morgan fingerprint density at radius 3 is 2.86 bits per heavy atom. The number of fused-ring (bicyclic) bond motifs is 1. The van der Waals surface area contributed by atoms with Gasteiger partial charge in [-0.3, -0.25) is 0 Å². The molecule has 3 rings (SSSR count). The van der Waals surface area contributed by atoms with Gasteiger partial charge in [-0.2, -0.15) is 0 Å². The van der Waals surface area contributed by atoms with Crippen molar-refractivity contribution in [1.82, 2.24) is 4.98 Å². The zero-order valence-electron chi connectivity index (χ0n) is 11.4. The number of nitrogens with zero attached hydrogens (tertiary/aromatic N) is 1. The largest absolute Gasteiger partial charge is 0.477 e. The van der Waals surface area contributed by atoms with Crippen LogP contribution in [-0.4, -0.2) is 27.7 Å². The summed E-state index contributed by atoms with van der Waals surface area (Å²) < 4.78 is 0. The monoisotopic (exact) mass is 284 g/mol. The average molecular weight is 284 g/mol. The molecule has 2 aromatic rings. The highest BCUT2D eigenvalue weighted by atomic mass is 16.4. The molecule has 0 radical (unpaired) electrons. The Bertz CT molecular complexity index is 687. The van der Waals surface area contributed by atoms with Gasteiger partial charge in [-0.05, 0) is 36.1 Å². The second-order valence-electron chi connectivity index (χ2n) is 5.26. The van der Waals surface area contributed by atoms with Gasteiger partial charge in [0.05, 0.1) is 0 Å². The maximum atomic E-state index is 10.9. The van der Waals surface area contributed by atoms with Crippen molar-refractivity contribution in [3.63, 3.8) is 0 Å². The Balaban J connectivity index is 1.76. The number of carboxylic acid groups (broad SMARTS) is 1. The molecule has 0 bridgehead atoms. The lowest BCUT2D eigenvalue weighted by Crippen LogP contribution is -2.32. The van der Waals surface area contributed by atoms with E-state index in [1.165, 1.54) is 6.07 Å². The Kier molecular flexibility index (Phi) is 3.35. The smallest absolute Gasteiger partial charge is 0.354 e. The molecule has 1 aliphatic carbocycles. The summed E-state index contributed by atoms with van der Waals surface area (Å²) >= 11 is 0. The average Bonchev–Trinajstić information content (AvgIpc) is 2.84. The Morgan fingerprint density at radius 2 is 2.05 bits per heavy atom. The summed E-state index contributed by atoms with van der Waals surface area (Å²) in [5.74, 6) is -0.615. The van der Waals surface area contributed by atoms with Crippen LogP contribution in [0.2, 0.25) is 0 Å². The minimum atomic E-state index is -1.07. The van der Waals surface area contributed by atoms with Gasteiger partial charge in [-0.15, -0.1) is 0 Å². The van der Waals surface area contributed by atoms with Gasteiger partial charge in [0.1, 0.15) is 11.4 Å². The van der Waals surface area contributed by atoms with Gasteiger partial charge in [0.2, 0.25) is 0 Å². The highest BCUT2D eigenvalue weighted by Gasteiger charge is 2.36. The minimum Gasteiger partial charge on any atom is -0.477 e. The molecule has 1 aromatic heterocycles. The third-order valence-corrected chi connectivity index (χ3v) is 3.86. The molecule has 0 aliphatic heterocycles. The molecule has 0 saturated carbocycles. The summed E-state index contributed by atoms with van der Waals surface area (Å²) in [5.41, 5.74) is 1.15. The van der Waals surface area contributed by atoms with Crippen LogP contribution < -0.4 is 5.32 Å². The van der Waals surface area contributed by atoms with E-state index in [2.05, 4.69) is 10.3 Å². The van der Waals surface area contributed by atoms with Crippen LogP contribution in [-0.2, 0) is 12.0 Å². The molecule has 0 spiro atoms. The van der Waals surface area contributed by atoms with Crippen molar-refractivity contribution in [2.45, 2.75) is 18.4 Å². The third-order valence-electron chi connectivity index (χ3n) is 3.86. The van der Waals surface area contributed by atoms with E-state index < -0.39 is 11.6 Å². The first-order chi connectivity index (χ1) is 10.1. The lowest BCUT2D eigenvalue weighted by molar-refractivity contribution is 0.0526. The molecule has 5 heteroatoms. The number of hydrogen-bond donors (Lipinski definition) is 3. The van der Waals surface area contributed by atoms with Gasteiger partial charge >= 0.3 is 5.97 Å². The molecule has 3 N–H and O–H groups in total. The van der Waals surface area contributed by atoms with Crippen LogP contribution in [0.1, 0.15) is 28.0 Å². The number of carbonyl (C=O) groups is 1. The lowest BCUT2D eigenvalue weighted by atomic mass is 9.96. The van der Waals surface area contributed by atoms with E-state index in [0.717, 1.165) is 17.5 Å². The summed E-state index contributed by atoms with van der Waals surface area (Å²) in [7, 11) is 0. The zero-order chi connectivity index (χ0) is 14.9. The fourth-order valence-electron chi connectivity index (χ4n) is 2.74. The van der Waals surface area contributed by atoms with Gasteiger partial charge in [0.15, 0.2) is 5.69 Å². The molecule has 1 aliphatic rings. The molecule has 1 aromatic carbocycles. The third kappa shape index (κ3) is 2.60. The minimum absolute atomic E-state index is 0.0150. The number of aromatic nitrogens is 1. The number of aliphatic hydroxyl groups is 1. The van der Waals surface area contributed by atoms with Crippen LogP contribution in [0.3, 0.4) is 0 Å². The van der Waals surface area contributed by atoms with Gasteiger partial charge in [0, 0.05) is 6.54 Å². The van der Waals surface area contributed by atoms with Gasteiger partial charge < -0.3 is 15.5 Å². The van der Waals surface area contributed by atoms with Crippen LogP contribution in [0.15, 0.2) is 42.5 Å². The number of benzene rings is 1. The maximum Gasteiger partial charge on any atom is 0.354 e. The molecule has 21 heavy (non-hydrogen) atoms. The first kappa shape index (κ1) is 13.6. The van der Waals surface area contributed by atoms with Crippen LogP contribution >= 0.6 is 0 Å². The molecular formula is C16H16N2O3. The molecule has 108 valence electrons. The summed E-state index contributed by atoms with van der Waals surface area (Å²) in [4.78, 5) is 14.9. The van der Waals surface area contributed by atoms with E-state index in [-0.39, 0.29) is 5.69 Å². The van der Waals surface area contributed by atoms with Crippen molar-refractivity contribution in [3.8, 4) is 0 Å². The van der Waals surface area contributed by atoms with Crippen LogP contribution in [0.25, 0.3) is 0 Å². The predicted molar refractivity (Wildman–Crippen MR) is 78.3 cm³/mol. The first-order valence-corrected chi connectivity index (χ1v) is 6.83. The summed E-state index contributed by atoms with van der Waals surface area (Å²) in [6, 6.07) is 12.6. The number of rotatable bonds is 4. The number of hydrogen-bond acceptors (Lipinski definition) is 4. The maximum absolute atomic E-state index is 10.9. The first-order valence-electron chi connectivity index (χ1n) is 6.83. The highest BCUT2D eigenvalue weighted by molar-refractivity contribution is 5.85. The summed E-state index contributed by atoms with van der Waals surface area (Å²) in [6.07, 6.45) is 1.49. The molecule has 0 amide bonds. The molecule has 0 fully saturated rings. The van der Waals surface area contributed by atoms with Crippen molar-refractivity contribution in [2.24, 2.45) is 0 Å². The van der Waals surface area contributed by atoms with E-state index in [4.69, 9.17) is 5.11 Å². The Morgan fingerprint density at radius 1 is 1.24 bits per heavy atom. The normalized spacial score (nSPS) is 20.0. The molecule has 1 atom stereocenters. The van der Waals surface area contributed by atoms with Gasteiger partial charge in [-0.1, -0.05) is 30.3 Å². The van der Waals surface area contributed by atoms with E-state index >= 15 is 0 Å². The predicted octanol–water partition coefficient (Wildman–Crippen LogP) is 2.03. The molecule has 0 saturated heterocycles. The molecule has 5 nitrogen and oxygen atoms in total. The number of pyridine rings is 1. The molecule has 1 unspecified atom stereocenters. The number of aromatic carboxylic acids is 1. The SMILES string of the molecule is O=C(O)c1cccc(NCC2(O)CCc3ccccc32)n1. The Labute approximate surface area is 122 Å². The van der Waals surface area contributed by atoms with Crippen molar-refractivity contribution >= 4 is 11.8 Å².